The molecule has 2 unspecified atom stereocenters. The molecule has 2 aromatic carbocycles. The first kappa shape index (κ1) is 37.1. The molecule has 2 aromatic rings. The number of ether oxygens (including phenoxy) is 2. The van der Waals surface area contributed by atoms with Gasteiger partial charge in [-0.3, -0.25) is 9.59 Å². The van der Waals surface area contributed by atoms with Crippen molar-refractivity contribution in [3.8, 4) is 5.75 Å². The fourth-order valence-corrected chi connectivity index (χ4v) is 4.64. The van der Waals surface area contributed by atoms with Gasteiger partial charge in [0.2, 0.25) is 11.8 Å². The summed E-state index contributed by atoms with van der Waals surface area (Å²) in [4.78, 5) is 55.1. The van der Waals surface area contributed by atoms with E-state index in [0.717, 1.165) is 31.2 Å². The number of carbonyl (C=O) groups is 4. The van der Waals surface area contributed by atoms with Gasteiger partial charge in [0, 0.05) is 13.0 Å². The average molecular weight is 626 g/mol. The lowest BCUT2D eigenvalue weighted by molar-refractivity contribution is -0.159. The van der Waals surface area contributed by atoms with Crippen molar-refractivity contribution in [1.29, 1.82) is 0 Å². The highest BCUT2D eigenvalue weighted by Crippen LogP contribution is 2.25. The van der Waals surface area contributed by atoms with Crippen molar-refractivity contribution in [2.24, 2.45) is 0 Å². The van der Waals surface area contributed by atoms with Crippen LogP contribution in [0.1, 0.15) is 97.7 Å². The van der Waals surface area contributed by atoms with Gasteiger partial charge in [0.1, 0.15) is 35.6 Å². The molecule has 10 nitrogen and oxygen atoms in total. The molecule has 0 aliphatic heterocycles. The molecular weight excluding hydrogens is 574 g/mol. The van der Waals surface area contributed by atoms with Gasteiger partial charge in [-0.1, -0.05) is 75.1 Å². The third kappa shape index (κ3) is 14.0. The monoisotopic (exact) mass is 625 g/mol. The Balaban J connectivity index is 2.46. The number of rotatable bonds is 15. The van der Waals surface area contributed by atoms with E-state index < -0.39 is 53.7 Å². The fourth-order valence-electron chi connectivity index (χ4n) is 4.64. The van der Waals surface area contributed by atoms with Crippen molar-refractivity contribution in [2.45, 2.75) is 110 Å². The van der Waals surface area contributed by atoms with E-state index in [1.807, 2.05) is 30.3 Å². The van der Waals surface area contributed by atoms with Crippen molar-refractivity contribution in [3.63, 3.8) is 0 Å². The standard InChI is InChI=1S/C35H51N3O7/c1-8-9-10-11-15-22-38(29(40)24-36-33(43)45-35(5,6)7)30(26-18-20-27(39)21-19-26)31(41)37-28(32(42)44-34(2,3)4)23-25-16-13-12-14-17-25/h12-14,16-21,28,30,39H,8-11,15,22-24H2,1-7H3,(H,36,43)(H,37,41). The molecule has 2 rings (SSSR count). The number of carbonyl (C=O) groups excluding carboxylic acids is 4. The van der Waals surface area contributed by atoms with Crippen LogP contribution in [-0.4, -0.2) is 64.2 Å². The Kier molecular flexibility index (Phi) is 14.4. The SMILES string of the molecule is CCCCCCCN(C(=O)CNC(=O)OC(C)(C)C)C(C(=O)NC(Cc1ccccc1)C(=O)OC(C)(C)C)c1ccc(O)cc1. The second-order valence-corrected chi connectivity index (χ2v) is 13.1. The lowest BCUT2D eigenvalue weighted by Crippen LogP contribution is -2.52. The molecule has 0 spiro atoms. The maximum Gasteiger partial charge on any atom is 0.408 e. The van der Waals surface area contributed by atoms with Crippen LogP contribution < -0.4 is 10.6 Å². The van der Waals surface area contributed by atoms with E-state index in [1.54, 1.807) is 53.7 Å². The van der Waals surface area contributed by atoms with Gasteiger partial charge >= 0.3 is 12.1 Å². The molecule has 0 heterocycles. The number of phenolic OH excluding ortho intramolecular Hbond substituents is 1. The molecule has 2 atom stereocenters. The Morgan fingerprint density at radius 3 is 2.00 bits per heavy atom. The van der Waals surface area contributed by atoms with E-state index in [-0.39, 0.29) is 18.7 Å². The zero-order chi connectivity index (χ0) is 33.6. The highest BCUT2D eigenvalue weighted by atomic mass is 16.6. The summed E-state index contributed by atoms with van der Waals surface area (Å²) in [5.74, 6) is -1.70. The molecule has 0 aliphatic carbocycles. The number of benzene rings is 2. The van der Waals surface area contributed by atoms with Gasteiger partial charge in [-0.15, -0.1) is 0 Å². The van der Waals surface area contributed by atoms with Gasteiger partial charge in [0.25, 0.3) is 0 Å². The quantitative estimate of drug-likeness (QED) is 0.168. The number of nitrogens with one attached hydrogen (secondary N) is 2. The van der Waals surface area contributed by atoms with Crippen LogP contribution in [0.2, 0.25) is 0 Å². The van der Waals surface area contributed by atoms with Gasteiger partial charge in [-0.05, 0) is 71.2 Å². The van der Waals surface area contributed by atoms with E-state index >= 15 is 0 Å². The fraction of sp³-hybridized carbons (Fsp3) is 0.543. The molecule has 0 bridgehead atoms. The molecule has 0 saturated heterocycles. The smallest absolute Gasteiger partial charge is 0.408 e. The van der Waals surface area contributed by atoms with Crippen molar-refractivity contribution in [3.05, 3.63) is 65.7 Å². The summed E-state index contributed by atoms with van der Waals surface area (Å²) >= 11 is 0. The summed E-state index contributed by atoms with van der Waals surface area (Å²) in [5, 5.41) is 15.3. The van der Waals surface area contributed by atoms with Crippen LogP contribution in [0.3, 0.4) is 0 Å². The van der Waals surface area contributed by atoms with Crippen LogP contribution in [0.5, 0.6) is 5.75 Å². The summed E-state index contributed by atoms with van der Waals surface area (Å²) in [6.45, 7) is 12.4. The van der Waals surface area contributed by atoms with E-state index in [9.17, 15) is 24.3 Å². The average Bonchev–Trinajstić information content (AvgIpc) is 2.94. The first-order valence-corrected chi connectivity index (χ1v) is 15.7. The summed E-state index contributed by atoms with van der Waals surface area (Å²) < 4.78 is 11.0. The molecule has 3 N–H and O–H groups in total. The van der Waals surface area contributed by atoms with Crippen LogP contribution in [0.15, 0.2) is 54.6 Å². The largest absolute Gasteiger partial charge is 0.508 e. The van der Waals surface area contributed by atoms with Gasteiger partial charge in [-0.2, -0.15) is 0 Å². The Morgan fingerprint density at radius 1 is 0.822 bits per heavy atom. The van der Waals surface area contributed by atoms with E-state index in [1.165, 1.54) is 17.0 Å². The van der Waals surface area contributed by atoms with E-state index in [0.29, 0.717) is 12.0 Å². The van der Waals surface area contributed by atoms with Gasteiger partial charge in [0.15, 0.2) is 0 Å². The molecule has 248 valence electrons. The number of hydrogen-bond acceptors (Lipinski definition) is 7. The summed E-state index contributed by atoms with van der Waals surface area (Å²) in [6.07, 6.45) is 3.96. The second kappa shape index (κ2) is 17.4. The summed E-state index contributed by atoms with van der Waals surface area (Å²) in [7, 11) is 0. The molecule has 0 aromatic heterocycles. The van der Waals surface area contributed by atoms with Crippen LogP contribution in [0, 0.1) is 0 Å². The normalized spacial score (nSPS) is 12.9. The van der Waals surface area contributed by atoms with Gasteiger partial charge in [-0.25, -0.2) is 9.59 Å². The topological polar surface area (TPSA) is 134 Å². The summed E-state index contributed by atoms with van der Waals surface area (Å²) in [5.41, 5.74) is -0.288. The number of hydrogen-bond donors (Lipinski definition) is 3. The molecule has 10 heteroatoms. The zero-order valence-electron chi connectivity index (χ0n) is 27.9. The van der Waals surface area contributed by atoms with Crippen LogP contribution >= 0.6 is 0 Å². The minimum Gasteiger partial charge on any atom is -0.508 e. The first-order valence-electron chi connectivity index (χ1n) is 15.7. The molecule has 3 amide bonds. The minimum absolute atomic E-state index is 0.00217. The first-order chi connectivity index (χ1) is 21.1. The third-order valence-corrected chi connectivity index (χ3v) is 6.67. The Labute approximate surface area is 267 Å². The Morgan fingerprint density at radius 2 is 1.42 bits per heavy atom. The Bertz CT molecular complexity index is 1230. The molecule has 0 radical (unpaired) electrons. The highest BCUT2D eigenvalue weighted by Gasteiger charge is 2.35. The van der Waals surface area contributed by atoms with Crippen molar-refractivity contribution < 1.29 is 33.8 Å². The van der Waals surface area contributed by atoms with E-state index in [2.05, 4.69) is 17.6 Å². The number of alkyl carbamates (subject to hydrolysis) is 1. The number of nitrogens with zero attached hydrogens (tertiary/aromatic N) is 1. The lowest BCUT2D eigenvalue weighted by Gasteiger charge is -2.33. The number of phenols is 1. The van der Waals surface area contributed by atoms with Crippen LogP contribution in [0.25, 0.3) is 0 Å². The minimum atomic E-state index is -1.16. The summed E-state index contributed by atoms with van der Waals surface area (Å²) in [6, 6.07) is 13.1. The van der Waals surface area contributed by atoms with Gasteiger partial charge in [0.05, 0.1) is 0 Å². The van der Waals surface area contributed by atoms with Crippen molar-refractivity contribution >= 4 is 23.9 Å². The van der Waals surface area contributed by atoms with E-state index in [4.69, 9.17) is 9.47 Å². The maximum absolute atomic E-state index is 14.2. The van der Waals surface area contributed by atoms with Crippen molar-refractivity contribution in [2.75, 3.05) is 13.1 Å². The number of esters is 1. The Hall–Kier alpha value is -4.08. The molecular formula is C35H51N3O7. The second-order valence-electron chi connectivity index (χ2n) is 13.1. The number of amides is 3. The van der Waals surface area contributed by atoms with Crippen molar-refractivity contribution in [1.82, 2.24) is 15.5 Å². The van der Waals surface area contributed by atoms with Crippen LogP contribution in [0.4, 0.5) is 4.79 Å². The maximum atomic E-state index is 14.2. The molecule has 0 saturated carbocycles. The van der Waals surface area contributed by atoms with Gasteiger partial charge < -0.3 is 30.1 Å². The predicted octanol–water partition coefficient (Wildman–Crippen LogP) is 5.83. The van der Waals surface area contributed by atoms with Crippen LogP contribution in [-0.2, 0) is 30.3 Å². The molecule has 0 aliphatic rings. The lowest BCUT2D eigenvalue weighted by atomic mass is 10.0. The molecule has 45 heavy (non-hydrogen) atoms. The number of aromatic hydroxyl groups is 1. The zero-order valence-corrected chi connectivity index (χ0v) is 27.9. The molecule has 0 fully saturated rings. The third-order valence-electron chi connectivity index (χ3n) is 6.67. The highest BCUT2D eigenvalue weighted by molar-refractivity contribution is 5.92. The number of unbranched alkanes of at least 4 members (excludes halogenated alkanes) is 4. The predicted molar refractivity (Wildman–Crippen MR) is 173 cm³/mol.